The van der Waals surface area contributed by atoms with Crippen LogP contribution >= 0.6 is 0 Å². The largest absolute Gasteiger partial charge is 0.480 e. The van der Waals surface area contributed by atoms with Crippen LogP contribution in [-0.2, 0) is 52.9 Å². The number of fused-ring (bicyclic) bond motifs is 2. The summed E-state index contributed by atoms with van der Waals surface area (Å²) in [6.45, 7) is 11.6. The number of carboxylic acids is 4. The second-order valence-corrected chi connectivity index (χ2v) is 18.4. The minimum absolute atomic E-state index is 0.0213. The summed E-state index contributed by atoms with van der Waals surface area (Å²) in [6, 6.07) is 13.9. The van der Waals surface area contributed by atoms with Crippen LogP contribution < -0.4 is 40.3 Å². The van der Waals surface area contributed by atoms with Crippen LogP contribution in [0.2, 0.25) is 0 Å². The van der Waals surface area contributed by atoms with E-state index < -0.39 is 54.0 Å². The molecule has 418 valence electrons. The van der Waals surface area contributed by atoms with Crippen molar-refractivity contribution in [3.63, 3.8) is 0 Å². The van der Waals surface area contributed by atoms with Gasteiger partial charge >= 0.3 is 23.9 Å². The first-order chi connectivity index (χ1) is 35.5. The summed E-state index contributed by atoms with van der Waals surface area (Å²) in [4.78, 5) is 82.2. The molecule has 23 nitrogen and oxygen atoms in total. The summed E-state index contributed by atoms with van der Waals surface area (Å²) in [5.74, 6) is 0.972. The molecule has 2 amide bonds. The third kappa shape index (κ3) is 25.5. The number of rotatable bonds is 22. The van der Waals surface area contributed by atoms with Crippen molar-refractivity contribution in [3.8, 4) is 0 Å². The molecular formula is C52H84N12O11. The van der Waals surface area contributed by atoms with Gasteiger partial charge in [0.1, 0.15) is 24.2 Å². The Morgan fingerprint density at radius 1 is 0.813 bits per heavy atom. The zero-order valence-corrected chi connectivity index (χ0v) is 44.1. The first kappa shape index (κ1) is 66.4. The Balaban J connectivity index is 0.000000477. The molecule has 1 aliphatic carbocycles. The highest BCUT2D eigenvalue weighted by molar-refractivity contribution is 5.99. The van der Waals surface area contributed by atoms with E-state index in [1.807, 2.05) is 36.9 Å². The molecule has 0 saturated heterocycles. The maximum atomic E-state index is 12.9. The van der Waals surface area contributed by atoms with Gasteiger partial charge in [0.15, 0.2) is 0 Å². The van der Waals surface area contributed by atoms with Crippen molar-refractivity contribution in [1.82, 2.24) is 24.8 Å². The van der Waals surface area contributed by atoms with Crippen molar-refractivity contribution >= 4 is 52.2 Å². The van der Waals surface area contributed by atoms with Gasteiger partial charge in [-0.3, -0.25) is 33.7 Å². The fourth-order valence-electron chi connectivity index (χ4n) is 7.76. The number of hydrogen-bond donors (Lipinski definition) is 13. The summed E-state index contributed by atoms with van der Waals surface area (Å²) in [5, 5.41) is 34.6. The van der Waals surface area contributed by atoms with Gasteiger partial charge in [-0.15, -0.1) is 0 Å². The van der Waals surface area contributed by atoms with Gasteiger partial charge in [-0.1, -0.05) is 68.8 Å². The normalized spacial score (nSPS) is 15.8. The summed E-state index contributed by atoms with van der Waals surface area (Å²) in [6.07, 6.45) is 13.6. The van der Waals surface area contributed by atoms with Gasteiger partial charge in [0.25, 0.3) is 0 Å². The zero-order chi connectivity index (χ0) is 56.6. The predicted molar refractivity (Wildman–Crippen MR) is 288 cm³/mol. The van der Waals surface area contributed by atoms with E-state index >= 15 is 0 Å². The minimum Gasteiger partial charge on any atom is -0.480 e. The molecule has 1 aliphatic heterocycles. The lowest BCUT2D eigenvalue weighted by atomic mass is 9.79. The molecule has 0 spiro atoms. The zero-order valence-electron chi connectivity index (χ0n) is 44.1. The van der Waals surface area contributed by atoms with E-state index in [4.69, 9.17) is 60.7 Å². The van der Waals surface area contributed by atoms with Gasteiger partial charge in [0.2, 0.25) is 11.8 Å². The van der Waals surface area contributed by atoms with Crippen LogP contribution in [0.1, 0.15) is 95.0 Å². The van der Waals surface area contributed by atoms with Crippen LogP contribution in [0.15, 0.2) is 73.3 Å². The highest BCUT2D eigenvalue weighted by Crippen LogP contribution is 2.41. The molecule has 23 heteroatoms. The van der Waals surface area contributed by atoms with Gasteiger partial charge in [-0.05, 0) is 107 Å². The number of nitrogens with two attached hydrogens (primary N) is 7. The average molecular weight is 1050 g/mol. The number of aliphatic carboxylic acids is 4. The summed E-state index contributed by atoms with van der Waals surface area (Å²) in [7, 11) is 2.15. The van der Waals surface area contributed by atoms with E-state index in [0.717, 1.165) is 57.4 Å². The average Bonchev–Trinajstić information content (AvgIpc) is 4.05. The summed E-state index contributed by atoms with van der Waals surface area (Å²) < 4.78 is 0. The first-order valence-electron chi connectivity index (χ1n) is 25.1. The fourth-order valence-corrected chi connectivity index (χ4v) is 7.76. The molecule has 0 fully saturated rings. The smallest absolute Gasteiger partial charge is 0.320 e. The number of imidazole rings is 1. The number of nitrogens with zero attached hydrogens (tertiary/aromatic N) is 3. The standard InChI is InChI=1S/C20H25N3O.C9H13NO.C6H9N3O2.C6H14N2O2.C6H13NO2.C5H10N2O3/c1-4-23(5-2)20(24)14-9-16-15-7-6-8-17-19(15)13(11-21-17)10-18(16)22(3)12-14;10-11-8-4-7-9-5-2-1-3-6-9;7-5(6(10)11)1-4-2-8-3-9-4;7-4-2-1-3-5(8)6(9)10;1-4(2)3-5(7)6(8)9;6-3(5(9)10)1-2-4(7)8/h6-9,11,14,18,21H,4-5,10,12H2,1-3H3;1-3,5-6H,4,7-8,10H2;2-3,5H,1,7H2,(H,8,9)(H,10,11);5H,1-4,7-8H2,(H,9,10);4-5H,3,7H2,1-2H3,(H,8,9);3H,1-2,6H2,(H2,7,8)(H,9,10)/t14-,18-;;5-;;;3-/m1.0..0/s1. The second-order valence-electron chi connectivity index (χ2n) is 18.4. The molecule has 2 aromatic heterocycles. The van der Waals surface area contributed by atoms with E-state index in [9.17, 15) is 28.8 Å². The summed E-state index contributed by atoms with van der Waals surface area (Å²) >= 11 is 0. The Labute approximate surface area is 439 Å². The predicted octanol–water partition coefficient (Wildman–Crippen LogP) is 2.42. The maximum absolute atomic E-state index is 12.9. The number of unbranched alkanes of at least 4 members (excludes halogenated alkanes) is 1. The van der Waals surface area contributed by atoms with Crippen molar-refractivity contribution in [2.45, 2.75) is 122 Å². The Bertz CT molecular complexity index is 2330. The number of carbonyl (C=O) groups excluding carboxylic acids is 2. The number of likely N-dealkylation sites (N-methyl/N-ethyl adjacent to an activating group) is 1. The lowest BCUT2D eigenvalue weighted by Crippen LogP contribution is -2.47. The molecule has 2 unspecified atom stereocenters. The van der Waals surface area contributed by atoms with Gasteiger partial charge in [0, 0.05) is 67.5 Å². The van der Waals surface area contributed by atoms with Crippen LogP contribution in [0.4, 0.5) is 0 Å². The molecule has 2 aliphatic rings. The Kier molecular flexibility index (Phi) is 32.2. The van der Waals surface area contributed by atoms with Crippen LogP contribution in [-0.4, -0.2) is 151 Å². The Hall–Kier alpha value is -6.57. The third-order valence-electron chi connectivity index (χ3n) is 11.9. The molecule has 0 bridgehead atoms. The third-order valence-corrected chi connectivity index (χ3v) is 11.9. The molecular weight excluding hydrogens is 969 g/mol. The number of aryl methyl sites for hydroxylation is 1. The Morgan fingerprint density at radius 3 is 1.93 bits per heavy atom. The van der Waals surface area contributed by atoms with Crippen molar-refractivity contribution in [2.75, 3.05) is 39.8 Å². The van der Waals surface area contributed by atoms with E-state index in [1.165, 1.54) is 39.5 Å². The topological polar surface area (TPSA) is 426 Å². The van der Waals surface area contributed by atoms with E-state index in [0.29, 0.717) is 38.0 Å². The van der Waals surface area contributed by atoms with E-state index in [2.05, 4.69) is 88.2 Å². The SMILES string of the molecule is CC(C)CC(N)C(=O)O.CCN(CC)C(=O)[C@@H]1C=C2c3cccc4[nH]cc(c34)C[C@H]2N(C)C1.NC(=O)CC[C@H](N)C(=O)O.NCCCCC(N)C(=O)O.NOCCCc1ccccc1.N[C@@H](Cc1cnc[nH]1)C(=O)O. The molecule has 75 heavy (non-hydrogen) atoms. The van der Waals surface area contributed by atoms with Crippen LogP contribution in [0.5, 0.6) is 0 Å². The van der Waals surface area contributed by atoms with Gasteiger partial charge in [-0.25, -0.2) is 10.9 Å². The molecule has 4 aromatic rings. The van der Waals surface area contributed by atoms with E-state index in [-0.39, 0.29) is 31.1 Å². The first-order valence-corrected chi connectivity index (χ1v) is 25.1. The molecule has 6 atom stereocenters. The lowest BCUT2D eigenvalue weighted by molar-refractivity contribution is -0.139. The molecule has 20 N–H and O–H groups in total. The minimum atomic E-state index is -1.11. The summed E-state index contributed by atoms with van der Waals surface area (Å²) in [5.41, 5.74) is 38.0. The molecule has 3 heterocycles. The lowest BCUT2D eigenvalue weighted by Gasteiger charge is -2.40. The van der Waals surface area contributed by atoms with Gasteiger partial charge in [0.05, 0.1) is 18.9 Å². The number of aromatic nitrogens is 3. The van der Waals surface area contributed by atoms with Crippen molar-refractivity contribution in [2.24, 2.45) is 52.1 Å². The number of H-pyrrole nitrogens is 2. The van der Waals surface area contributed by atoms with Gasteiger partial charge < -0.3 is 74.5 Å². The Morgan fingerprint density at radius 2 is 1.43 bits per heavy atom. The number of benzene rings is 2. The number of carbonyl (C=O) groups is 6. The second kappa shape index (κ2) is 36.4. The van der Waals surface area contributed by atoms with E-state index in [1.54, 1.807) is 6.20 Å². The number of hydrogen-bond acceptors (Lipinski definition) is 15. The number of primary amides is 1. The van der Waals surface area contributed by atoms with Crippen LogP contribution in [0.3, 0.4) is 0 Å². The number of nitrogens with one attached hydrogen (secondary N) is 2. The maximum Gasteiger partial charge on any atom is 0.320 e. The molecule has 0 radical (unpaired) electrons. The monoisotopic (exact) mass is 1050 g/mol. The number of aromatic amines is 2. The number of carboxylic acid groups (broad SMARTS) is 4. The molecule has 0 saturated carbocycles. The highest BCUT2D eigenvalue weighted by atomic mass is 16.6. The molecule has 2 aromatic carbocycles. The number of amides is 2. The van der Waals surface area contributed by atoms with Crippen LogP contribution in [0, 0.1) is 11.8 Å². The van der Waals surface area contributed by atoms with Crippen LogP contribution in [0.25, 0.3) is 16.5 Å². The van der Waals surface area contributed by atoms with Crippen molar-refractivity contribution in [3.05, 3.63) is 95.7 Å². The molecule has 6 rings (SSSR count). The van der Waals surface area contributed by atoms with Crippen molar-refractivity contribution < 1.29 is 54.0 Å². The van der Waals surface area contributed by atoms with Crippen molar-refractivity contribution in [1.29, 1.82) is 0 Å². The highest BCUT2D eigenvalue weighted by Gasteiger charge is 2.36. The van der Waals surface area contributed by atoms with Gasteiger partial charge in [-0.2, -0.15) is 0 Å². The quantitative estimate of drug-likeness (QED) is 0.0397. The fraction of sp³-hybridized carbons (Fsp3) is 0.519.